The van der Waals surface area contributed by atoms with Gasteiger partial charge in [0.05, 0.1) is 0 Å². The first kappa shape index (κ1) is 15.7. The quantitative estimate of drug-likeness (QED) is 0.502. The zero-order valence-electron chi connectivity index (χ0n) is 13.0. The normalized spacial score (nSPS) is 10.2. The number of ketones is 2. The zero-order valence-corrected chi connectivity index (χ0v) is 13.0. The lowest BCUT2D eigenvalue weighted by Gasteiger charge is -2.07. The summed E-state index contributed by atoms with van der Waals surface area (Å²) >= 11 is 0. The minimum absolute atomic E-state index is 0.357. The molecule has 0 unspecified atom stereocenters. The molecule has 3 aromatic rings. The van der Waals surface area contributed by atoms with Crippen molar-refractivity contribution in [1.29, 1.82) is 0 Å². The summed E-state index contributed by atoms with van der Waals surface area (Å²) in [4.78, 5) is 24.4. The molecule has 0 radical (unpaired) electrons. The van der Waals surface area contributed by atoms with Gasteiger partial charge in [-0.3, -0.25) is 9.59 Å². The van der Waals surface area contributed by atoms with Crippen LogP contribution in [0.2, 0.25) is 0 Å². The second-order valence-corrected chi connectivity index (χ2v) is 5.32. The van der Waals surface area contributed by atoms with Crippen molar-refractivity contribution < 1.29 is 14.3 Å². The summed E-state index contributed by atoms with van der Waals surface area (Å²) in [7, 11) is 0. The molecular weight excluding hydrogens is 300 g/mol. The van der Waals surface area contributed by atoms with E-state index in [2.05, 4.69) is 0 Å². The zero-order chi connectivity index (χ0) is 16.8. The Morgan fingerprint density at radius 2 is 1.12 bits per heavy atom. The fourth-order valence-electron chi connectivity index (χ4n) is 2.30. The molecular formula is C21H16O3. The Kier molecular flexibility index (Phi) is 4.82. The Morgan fingerprint density at radius 1 is 0.625 bits per heavy atom. The summed E-state index contributed by atoms with van der Waals surface area (Å²) in [6.07, 6.45) is 0. The van der Waals surface area contributed by atoms with Crippen LogP contribution in [0.3, 0.4) is 0 Å². The first-order chi connectivity index (χ1) is 11.7. The first-order valence-electron chi connectivity index (χ1n) is 7.65. The number of carbonyl (C=O) groups excluding carboxylic acids is 2. The SMILES string of the molecule is O=C(C(=O)c1ccc(OCc2ccccc2)cc1)c1ccccc1. The summed E-state index contributed by atoms with van der Waals surface area (Å²) in [6.45, 7) is 0.455. The van der Waals surface area contributed by atoms with E-state index in [1.165, 1.54) is 0 Å². The van der Waals surface area contributed by atoms with Gasteiger partial charge in [-0.2, -0.15) is 0 Å². The Labute approximate surface area is 140 Å². The van der Waals surface area contributed by atoms with Crippen molar-refractivity contribution in [1.82, 2.24) is 0 Å². The van der Waals surface area contributed by atoms with Crippen LogP contribution in [0.1, 0.15) is 26.3 Å². The Morgan fingerprint density at radius 3 is 1.71 bits per heavy atom. The monoisotopic (exact) mass is 316 g/mol. The van der Waals surface area contributed by atoms with Crippen LogP contribution in [0.4, 0.5) is 0 Å². The molecule has 0 aliphatic heterocycles. The number of ether oxygens (including phenoxy) is 1. The number of hydrogen-bond donors (Lipinski definition) is 0. The molecule has 118 valence electrons. The first-order valence-corrected chi connectivity index (χ1v) is 7.65. The standard InChI is InChI=1S/C21H16O3/c22-20(17-9-5-2-6-10-17)21(23)18-11-13-19(14-12-18)24-15-16-7-3-1-4-8-16/h1-14H,15H2. The van der Waals surface area contributed by atoms with E-state index in [4.69, 9.17) is 4.74 Å². The van der Waals surface area contributed by atoms with E-state index < -0.39 is 11.6 Å². The summed E-state index contributed by atoms with van der Waals surface area (Å²) in [5.74, 6) is -0.369. The van der Waals surface area contributed by atoms with E-state index >= 15 is 0 Å². The molecule has 0 N–H and O–H groups in total. The molecule has 0 saturated heterocycles. The highest BCUT2D eigenvalue weighted by atomic mass is 16.5. The predicted molar refractivity (Wildman–Crippen MR) is 92.3 cm³/mol. The average molecular weight is 316 g/mol. The van der Waals surface area contributed by atoms with E-state index in [0.29, 0.717) is 23.5 Å². The van der Waals surface area contributed by atoms with Gasteiger partial charge < -0.3 is 4.74 Å². The average Bonchev–Trinajstić information content (AvgIpc) is 2.67. The van der Waals surface area contributed by atoms with Crippen LogP contribution in [0.15, 0.2) is 84.9 Å². The lowest BCUT2D eigenvalue weighted by Crippen LogP contribution is -2.14. The molecule has 3 heteroatoms. The highest BCUT2D eigenvalue weighted by molar-refractivity contribution is 6.49. The maximum absolute atomic E-state index is 12.2. The molecule has 0 aliphatic rings. The van der Waals surface area contributed by atoms with Gasteiger partial charge in [0.15, 0.2) is 0 Å². The molecule has 0 spiro atoms. The molecule has 0 aliphatic carbocycles. The minimum Gasteiger partial charge on any atom is -0.489 e. The number of benzene rings is 3. The van der Waals surface area contributed by atoms with Crippen molar-refractivity contribution in [3.05, 3.63) is 102 Å². The van der Waals surface area contributed by atoms with Crippen molar-refractivity contribution in [3.63, 3.8) is 0 Å². The number of hydrogen-bond acceptors (Lipinski definition) is 3. The third-order valence-electron chi connectivity index (χ3n) is 3.61. The molecule has 0 fully saturated rings. The summed E-state index contributed by atoms with van der Waals surface area (Å²) in [6, 6.07) is 25.0. The molecule has 0 heterocycles. The van der Waals surface area contributed by atoms with Crippen molar-refractivity contribution in [2.75, 3.05) is 0 Å². The molecule has 3 nitrogen and oxygen atoms in total. The number of Topliss-reactive ketones (excluding diaryl/α,β-unsaturated/α-hetero) is 2. The molecule has 3 rings (SSSR count). The van der Waals surface area contributed by atoms with Crippen LogP contribution >= 0.6 is 0 Å². The molecule has 0 aromatic heterocycles. The van der Waals surface area contributed by atoms with Crippen molar-refractivity contribution in [2.24, 2.45) is 0 Å². The van der Waals surface area contributed by atoms with Gasteiger partial charge in [0.25, 0.3) is 0 Å². The number of carbonyl (C=O) groups is 2. The topological polar surface area (TPSA) is 43.4 Å². The van der Waals surface area contributed by atoms with Gasteiger partial charge in [-0.15, -0.1) is 0 Å². The van der Waals surface area contributed by atoms with E-state index in [1.54, 1.807) is 54.6 Å². The molecule has 0 amide bonds. The molecule has 0 atom stereocenters. The van der Waals surface area contributed by atoms with Gasteiger partial charge in [0, 0.05) is 11.1 Å². The summed E-state index contributed by atoms with van der Waals surface area (Å²) in [5.41, 5.74) is 1.82. The maximum atomic E-state index is 12.2. The molecule has 0 saturated carbocycles. The van der Waals surface area contributed by atoms with Crippen molar-refractivity contribution in [2.45, 2.75) is 6.61 Å². The van der Waals surface area contributed by atoms with E-state index in [-0.39, 0.29) is 0 Å². The van der Waals surface area contributed by atoms with Gasteiger partial charge in [-0.05, 0) is 29.8 Å². The predicted octanol–water partition coefficient (Wildman–Crippen LogP) is 4.33. The smallest absolute Gasteiger partial charge is 0.233 e. The van der Waals surface area contributed by atoms with Gasteiger partial charge in [-0.1, -0.05) is 60.7 Å². The fraction of sp³-hybridized carbons (Fsp3) is 0.0476. The number of rotatable bonds is 6. The molecule has 3 aromatic carbocycles. The highest BCUT2D eigenvalue weighted by Gasteiger charge is 2.17. The van der Waals surface area contributed by atoms with E-state index in [9.17, 15) is 9.59 Å². The van der Waals surface area contributed by atoms with Crippen LogP contribution in [0.25, 0.3) is 0 Å². The lowest BCUT2D eigenvalue weighted by atomic mass is 10.0. The fourth-order valence-corrected chi connectivity index (χ4v) is 2.30. The van der Waals surface area contributed by atoms with E-state index in [1.807, 2.05) is 30.3 Å². The summed E-state index contributed by atoms with van der Waals surface area (Å²) < 4.78 is 5.68. The third kappa shape index (κ3) is 3.76. The Bertz CT molecular complexity index is 822. The van der Waals surface area contributed by atoms with Gasteiger partial charge >= 0.3 is 0 Å². The maximum Gasteiger partial charge on any atom is 0.233 e. The van der Waals surface area contributed by atoms with Crippen LogP contribution in [-0.2, 0) is 6.61 Å². The highest BCUT2D eigenvalue weighted by Crippen LogP contribution is 2.16. The van der Waals surface area contributed by atoms with Gasteiger partial charge in [-0.25, -0.2) is 0 Å². The molecule has 0 bridgehead atoms. The Hall–Kier alpha value is -3.20. The van der Waals surface area contributed by atoms with Crippen LogP contribution < -0.4 is 4.74 Å². The second kappa shape index (κ2) is 7.38. The van der Waals surface area contributed by atoms with Gasteiger partial charge in [0.2, 0.25) is 11.6 Å². The second-order valence-electron chi connectivity index (χ2n) is 5.32. The van der Waals surface area contributed by atoms with Crippen molar-refractivity contribution >= 4 is 11.6 Å². The van der Waals surface area contributed by atoms with E-state index in [0.717, 1.165) is 5.56 Å². The summed E-state index contributed by atoms with van der Waals surface area (Å²) in [5, 5.41) is 0. The van der Waals surface area contributed by atoms with Gasteiger partial charge in [0.1, 0.15) is 12.4 Å². The van der Waals surface area contributed by atoms with Crippen LogP contribution in [0, 0.1) is 0 Å². The lowest BCUT2D eigenvalue weighted by molar-refractivity contribution is 0.0817. The van der Waals surface area contributed by atoms with Crippen LogP contribution in [-0.4, -0.2) is 11.6 Å². The third-order valence-corrected chi connectivity index (χ3v) is 3.61. The van der Waals surface area contributed by atoms with Crippen LogP contribution in [0.5, 0.6) is 5.75 Å². The van der Waals surface area contributed by atoms with Crippen molar-refractivity contribution in [3.8, 4) is 5.75 Å². The Balaban J connectivity index is 1.66. The largest absolute Gasteiger partial charge is 0.489 e. The molecule has 24 heavy (non-hydrogen) atoms. The minimum atomic E-state index is -0.518.